The number of carboxylic acid groups (broad SMARTS) is 1. The number of ether oxygens (including phenoxy) is 1. The van der Waals surface area contributed by atoms with Gasteiger partial charge in [0.1, 0.15) is 5.69 Å². The largest absolute Gasteiger partial charge is 0.481 e. The molecule has 5 heteroatoms. The molecule has 88 valence electrons. The van der Waals surface area contributed by atoms with Crippen molar-refractivity contribution in [3.05, 3.63) is 47.9 Å². The summed E-state index contributed by atoms with van der Waals surface area (Å²) in [5.74, 6) is -0.435. The highest BCUT2D eigenvalue weighted by Gasteiger charge is 2.11. The van der Waals surface area contributed by atoms with Gasteiger partial charge in [-0.2, -0.15) is 0 Å². The fraction of sp³-hybridized carbons (Fsp3) is 0.167. The van der Waals surface area contributed by atoms with E-state index in [9.17, 15) is 4.79 Å². The first kappa shape index (κ1) is 11.2. The molecule has 0 radical (unpaired) electrons. The number of pyridine rings is 1. The van der Waals surface area contributed by atoms with E-state index in [2.05, 4.69) is 4.98 Å². The number of hydrogen-bond donors (Lipinski definition) is 1. The summed E-state index contributed by atoms with van der Waals surface area (Å²) in [6.07, 6.45) is 3.35. The van der Waals surface area contributed by atoms with Gasteiger partial charge in [-0.15, -0.1) is 0 Å². The minimum Gasteiger partial charge on any atom is -0.481 e. The molecule has 17 heavy (non-hydrogen) atoms. The smallest absolute Gasteiger partial charge is 0.352 e. The maximum atomic E-state index is 11.0. The molecule has 0 aliphatic heterocycles. The van der Waals surface area contributed by atoms with Crippen LogP contribution in [0.2, 0.25) is 0 Å². The Morgan fingerprint density at radius 2 is 2.29 bits per heavy atom. The zero-order chi connectivity index (χ0) is 12.3. The lowest BCUT2D eigenvalue weighted by Gasteiger charge is -2.09. The van der Waals surface area contributed by atoms with Gasteiger partial charge in [0.25, 0.3) is 0 Å². The van der Waals surface area contributed by atoms with Crippen LogP contribution in [0.1, 0.15) is 16.1 Å². The second-order valence-corrected chi connectivity index (χ2v) is 3.50. The summed E-state index contributed by atoms with van der Waals surface area (Å²) in [7, 11) is 1.54. The Kier molecular flexibility index (Phi) is 3.09. The van der Waals surface area contributed by atoms with Gasteiger partial charge in [0, 0.05) is 18.0 Å². The van der Waals surface area contributed by atoms with Gasteiger partial charge in [-0.25, -0.2) is 9.78 Å². The average Bonchev–Trinajstić information content (AvgIpc) is 2.78. The van der Waals surface area contributed by atoms with Crippen LogP contribution in [-0.2, 0) is 6.54 Å². The number of carboxylic acids is 1. The summed E-state index contributed by atoms with van der Waals surface area (Å²) in [6, 6.07) is 6.91. The molecule has 0 bridgehead atoms. The molecule has 2 rings (SSSR count). The van der Waals surface area contributed by atoms with E-state index in [1.807, 2.05) is 6.07 Å². The summed E-state index contributed by atoms with van der Waals surface area (Å²) in [4.78, 5) is 15.0. The van der Waals surface area contributed by atoms with Gasteiger partial charge in [0.2, 0.25) is 5.88 Å². The van der Waals surface area contributed by atoms with Crippen molar-refractivity contribution in [2.45, 2.75) is 6.54 Å². The maximum absolute atomic E-state index is 11.0. The van der Waals surface area contributed by atoms with E-state index in [-0.39, 0.29) is 5.69 Å². The minimum absolute atomic E-state index is 0.246. The van der Waals surface area contributed by atoms with E-state index >= 15 is 0 Å². The number of rotatable bonds is 4. The first-order chi connectivity index (χ1) is 8.22. The Labute approximate surface area is 98.3 Å². The van der Waals surface area contributed by atoms with E-state index in [1.54, 1.807) is 42.3 Å². The normalized spacial score (nSPS) is 10.2. The van der Waals surface area contributed by atoms with Crippen molar-refractivity contribution < 1.29 is 14.6 Å². The van der Waals surface area contributed by atoms with Crippen molar-refractivity contribution in [1.29, 1.82) is 0 Å². The Balaban J connectivity index is 2.31. The lowest BCUT2D eigenvalue weighted by Crippen LogP contribution is -2.09. The number of aromatic carboxylic acids is 1. The van der Waals surface area contributed by atoms with Gasteiger partial charge < -0.3 is 14.4 Å². The molecule has 0 aliphatic carbocycles. The molecule has 0 amide bonds. The fourth-order valence-corrected chi connectivity index (χ4v) is 1.66. The summed E-state index contributed by atoms with van der Waals surface area (Å²) >= 11 is 0. The van der Waals surface area contributed by atoms with Crippen LogP contribution in [-0.4, -0.2) is 27.7 Å². The van der Waals surface area contributed by atoms with Gasteiger partial charge in [-0.05, 0) is 18.2 Å². The van der Waals surface area contributed by atoms with Crippen molar-refractivity contribution >= 4 is 5.97 Å². The Morgan fingerprint density at radius 1 is 1.47 bits per heavy atom. The molecule has 0 saturated heterocycles. The summed E-state index contributed by atoms with van der Waals surface area (Å²) < 4.78 is 6.76. The molecule has 2 heterocycles. The van der Waals surface area contributed by atoms with Gasteiger partial charge in [0.05, 0.1) is 13.7 Å². The second-order valence-electron chi connectivity index (χ2n) is 3.50. The first-order valence-electron chi connectivity index (χ1n) is 5.08. The third-order valence-electron chi connectivity index (χ3n) is 2.43. The number of methoxy groups -OCH3 is 1. The standard InChI is InChI=1S/C12H12N2O3/c1-17-11-9(4-2-6-13-11)8-14-7-3-5-10(14)12(15)16/h2-7H,8H2,1H3,(H,15,16). The van der Waals surface area contributed by atoms with Crippen molar-refractivity contribution in [2.75, 3.05) is 7.11 Å². The zero-order valence-corrected chi connectivity index (χ0v) is 9.33. The predicted octanol–water partition coefficient (Wildman–Crippen LogP) is 1.64. The SMILES string of the molecule is COc1ncccc1Cn1cccc1C(=O)O. The first-order valence-corrected chi connectivity index (χ1v) is 5.08. The highest BCUT2D eigenvalue weighted by atomic mass is 16.5. The molecule has 0 aromatic carbocycles. The molecule has 0 unspecified atom stereocenters. The molecule has 0 atom stereocenters. The van der Waals surface area contributed by atoms with Crippen molar-refractivity contribution in [3.8, 4) is 5.88 Å². The molecule has 5 nitrogen and oxygen atoms in total. The van der Waals surface area contributed by atoms with Crippen LogP contribution in [0.4, 0.5) is 0 Å². The monoisotopic (exact) mass is 232 g/mol. The van der Waals surface area contributed by atoms with Crippen molar-refractivity contribution in [3.63, 3.8) is 0 Å². The fourth-order valence-electron chi connectivity index (χ4n) is 1.66. The number of nitrogens with zero attached hydrogens (tertiary/aromatic N) is 2. The molecule has 0 aliphatic rings. The summed E-state index contributed by atoms with van der Waals surface area (Å²) in [5.41, 5.74) is 1.09. The van der Waals surface area contributed by atoms with Crippen molar-refractivity contribution in [1.82, 2.24) is 9.55 Å². The number of hydrogen-bond acceptors (Lipinski definition) is 3. The van der Waals surface area contributed by atoms with Crippen LogP contribution in [0.25, 0.3) is 0 Å². The molecule has 0 spiro atoms. The minimum atomic E-state index is -0.946. The van der Waals surface area contributed by atoms with Crippen LogP contribution in [0.15, 0.2) is 36.7 Å². The van der Waals surface area contributed by atoms with E-state index in [0.29, 0.717) is 12.4 Å². The average molecular weight is 232 g/mol. The van der Waals surface area contributed by atoms with Crippen LogP contribution in [0.3, 0.4) is 0 Å². The van der Waals surface area contributed by atoms with Crippen molar-refractivity contribution in [2.24, 2.45) is 0 Å². The topological polar surface area (TPSA) is 64.4 Å². The molecule has 2 aromatic rings. The van der Waals surface area contributed by atoms with E-state index in [1.165, 1.54) is 0 Å². The number of aromatic nitrogens is 2. The van der Waals surface area contributed by atoms with E-state index < -0.39 is 5.97 Å². The highest BCUT2D eigenvalue weighted by Crippen LogP contribution is 2.16. The van der Waals surface area contributed by atoms with Gasteiger partial charge in [-0.3, -0.25) is 0 Å². The third kappa shape index (κ3) is 2.28. The summed E-state index contributed by atoms with van der Waals surface area (Å²) in [6.45, 7) is 0.422. The third-order valence-corrected chi connectivity index (χ3v) is 2.43. The van der Waals surface area contributed by atoms with Gasteiger partial charge in [-0.1, -0.05) is 6.07 Å². The van der Waals surface area contributed by atoms with Gasteiger partial charge in [0.15, 0.2) is 0 Å². The summed E-state index contributed by atoms with van der Waals surface area (Å²) in [5, 5.41) is 8.99. The van der Waals surface area contributed by atoms with Gasteiger partial charge >= 0.3 is 5.97 Å². The molecule has 0 fully saturated rings. The van der Waals surface area contributed by atoms with Crippen LogP contribution in [0, 0.1) is 0 Å². The quantitative estimate of drug-likeness (QED) is 0.870. The molecule has 2 aromatic heterocycles. The maximum Gasteiger partial charge on any atom is 0.352 e. The van der Waals surface area contributed by atoms with Crippen LogP contribution < -0.4 is 4.74 Å². The lowest BCUT2D eigenvalue weighted by atomic mass is 10.2. The molecular weight excluding hydrogens is 220 g/mol. The molecular formula is C12H12N2O3. The second kappa shape index (κ2) is 4.69. The van der Waals surface area contributed by atoms with E-state index in [4.69, 9.17) is 9.84 Å². The number of carbonyl (C=O) groups is 1. The van der Waals surface area contributed by atoms with Crippen LogP contribution in [0.5, 0.6) is 5.88 Å². The predicted molar refractivity (Wildman–Crippen MR) is 61.3 cm³/mol. The molecule has 1 N–H and O–H groups in total. The zero-order valence-electron chi connectivity index (χ0n) is 9.33. The van der Waals surface area contributed by atoms with Crippen LogP contribution >= 0.6 is 0 Å². The Morgan fingerprint density at radius 3 is 3.00 bits per heavy atom. The van der Waals surface area contributed by atoms with E-state index in [0.717, 1.165) is 5.56 Å². The Hall–Kier alpha value is -2.30. The molecule has 0 saturated carbocycles. The highest BCUT2D eigenvalue weighted by molar-refractivity contribution is 5.85. The lowest BCUT2D eigenvalue weighted by molar-refractivity contribution is 0.0685. The Bertz CT molecular complexity index is 534.